The van der Waals surface area contributed by atoms with Crippen LogP contribution in [-0.4, -0.2) is 19.9 Å². The number of rotatable bonds is 3. The van der Waals surface area contributed by atoms with Gasteiger partial charge in [-0.1, -0.05) is 0 Å². The van der Waals surface area contributed by atoms with E-state index in [1.165, 1.54) is 35.1 Å². The number of fused-ring (bicyclic) bond motifs is 3. The molecule has 0 spiro atoms. The Morgan fingerprint density at radius 2 is 2.09 bits per heavy atom. The van der Waals surface area contributed by atoms with E-state index in [4.69, 9.17) is 0 Å². The van der Waals surface area contributed by atoms with Crippen molar-refractivity contribution in [2.45, 2.75) is 39.2 Å². The molecule has 1 aliphatic carbocycles. The molecular weight excluding hydrogens is 294 g/mol. The fourth-order valence-electron chi connectivity index (χ4n) is 2.97. The summed E-state index contributed by atoms with van der Waals surface area (Å²) in [6.07, 6.45) is 8.29. The number of nitrogens with zero attached hydrogens (tertiary/aromatic N) is 4. The summed E-state index contributed by atoms with van der Waals surface area (Å²) in [5.74, 6) is 1.70. The van der Waals surface area contributed by atoms with Crippen LogP contribution >= 0.6 is 11.3 Å². The number of aromatic nitrogens is 4. The highest BCUT2D eigenvalue weighted by Crippen LogP contribution is 2.38. The summed E-state index contributed by atoms with van der Waals surface area (Å²) < 4.78 is 0. The first kappa shape index (κ1) is 13.6. The van der Waals surface area contributed by atoms with Gasteiger partial charge in [0.25, 0.3) is 0 Å². The fourth-order valence-corrected chi connectivity index (χ4v) is 4.20. The van der Waals surface area contributed by atoms with Crippen LogP contribution in [0.25, 0.3) is 10.2 Å². The molecule has 3 aromatic rings. The maximum Gasteiger partial charge on any atom is 0.147 e. The lowest BCUT2D eigenvalue weighted by Gasteiger charge is -2.12. The second-order valence-electron chi connectivity index (χ2n) is 5.58. The molecule has 0 unspecified atom stereocenters. The van der Waals surface area contributed by atoms with Crippen molar-refractivity contribution in [1.82, 2.24) is 19.9 Å². The lowest BCUT2D eigenvalue weighted by atomic mass is 9.97. The van der Waals surface area contributed by atoms with Gasteiger partial charge in [0, 0.05) is 16.8 Å². The molecule has 0 saturated carbocycles. The van der Waals surface area contributed by atoms with E-state index in [1.807, 2.05) is 24.3 Å². The predicted octanol–water partition coefficient (Wildman–Crippen LogP) is 3.28. The molecule has 22 heavy (non-hydrogen) atoms. The Kier molecular flexibility index (Phi) is 3.46. The Bertz CT molecular complexity index is 827. The largest absolute Gasteiger partial charge is 0.362 e. The summed E-state index contributed by atoms with van der Waals surface area (Å²) in [6.45, 7) is 2.56. The third-order valence-electron chi connectivity index (χ3n) is 4.01. The topological polar surface area (TPSA) is 63.6 Å². The van der Waals surface area contributed by atoms with E-state index in [0.717, 1.165) is 28.6 Å². The summed E-state index contributed by atoms with van der Waals surface area (Å²) >= 11 is 1.82. The van der Waals surface area contributed by atoms with Gasteiger partial charge in [0.15, 0.2) is 0 Å². The summed E-state index contributed by atoms with van der Waals surface area (Å²) in [7, 11) is 0. The normalized spacial score (nSPS) is 14.0. The van der Waals surface area contributed by atoms with Gasteiger partial charge in [-0.2, -0.15) is 0 Å². The minimum Gasteiger partial charge on any atom is -0.362 e. The lowest BCUT2D eigenvalue weighted by molar-refractivity contribution is 0.700. The van der Waals surface area contributed by atoms with Crippen LogP contribution in [0.5, 0.6) is 0 Å². The van der Waals surface area contributed by atoms with Gasteiger partial charge < -0.3 is 5.32 Å². The van der Waals surface area contributed by atoms with E-state index in [2.05, 4.69) is 25.3 Å². The highest BCUT2D eigenvalue weighted by molar-refractivity contribution is 7.19. The minimum atomic E-state index is 0.582. The highest BCUT2D eigenvalue weighted by atomic mass is 32.1. The molecule has 112 valence electrons. The zero-order chi connectivity index (χ0) is 14.9. The molecule has 1 aliphatic rings. The second kappa shape index (κ2) is 5.61. The Hall–Kier alpha value is -2.08. The number of hydrogen-bond acceptors (Lipinski definition) is 6. The van der Waals surface area contributed by atoms with Crippen molar-refractivity contribution < 1.29 is 0 Å². The Labute approximate surface area is 132 Å². The Morgan fingerprint density at radius 1 is 1.18 bits per heavy atom. The maximum absolute atomic E-state index is 4.45. The summed E-state index contributed by atoms with van der Waals surface area (Å²) in [5.41, 5.74) is 2.42. The van der Waals surface area contributed by atoms with Crippen LogP contribution < -0.4 is 5.32 Å². The summed E-state index contributed by atoms with van der Waals surface area (Å²) in [4.78, 5) is 20.2. The van der Waals surface area contributed by atoms with Gasteiger partial charge in [0.2, 0.25) is 0 Å². The quantitative estimate of drug-likeness (QED) is 0.804. The monoisotopic (exact) mass is 311 g/mol. The zero-order valence-electron chi connectivity index (χ0n) is 12.5. The maximum atomic E-state index is 4.45. The molecule has 0 radical (unpaired) electrons. The molecule has 0 saturated heterocycles. The Morgan fingerprint density at radius 3 is 3.00 bits per heavy atom. The average molecular weight is 311 g/mol. The molecule has 4 rings (SSSR count). The number of nitrogens with one attached hydrogen (secondary N) is 1. The first-order valence-corrected chi connectivity index (χ1v) is 8.40. The van der Waals surface area contributed by atoms with Gasteiger partial charge in [-0.3, -0.25) is 0 Å². The smallest absolute Gasteiger partial charge is 0.147 e. The van der Waals surface area contributed by atoms with E-state index < -0.39 is 0 Å². The van der Waals surface area contributed by atoms with Gasteiger partial charge in [0.05, 0.1) is 11.9 Å². The van der Waals surface area contributed by atoms with Gasteiger partial charge in [-0.25, -0.2) is 19.9 Å². The standard InChI is InChI=1S/C16H17N5S/c1-10-6-7-17-13(21-10)8-18-15-14-11-4-2-3-5-12(11)22-16(14)20-9-19-15/h6-7,9H,2-5,8H2,1H3,(H,18,19,20). The molecule has 0 atom stereocenters. The van der Waals surface area contributed by atoms with E-state index >= 15 is 0 Å². The first-order chi connectivity index (χ1) is 10.8. The molecule has 0 fully saturated rings. The van der Waals surface area contributed by atoms with Crippen molar-refractivity contribution >= 4 is 27.4 Å². The molecule has 0 amide bonds. The van der Waals surface area contributed by atoms with Gasteiger partial charge in [0.1, 0.15) is 22.8 Å². The second-order valence-corrected chi connectivity index (χ2v) is 6.66. The molecule has 0 aliphatic heterocycles. The van der Waals surface area contributed by atoms with E-state index in [0.29, 0.717) is 6.54 Å². The van der Waals surface area contributed by atoms with Gasteiger partial charge >= 0.3 is 0 Å². The molecule has 0 aromatic carbocycles. The SMILES string of the molecule is Cc1ccnc(CNc2ncnc3sc4c(c23)CCCC4)n1. The van der Waals surface area contributed by atoms with Gasteiger partial charge in [-0.05, 0) is 44.2 Å². The molecule has 3 aromatic heterocycles. The average Bonchev–Trinajstić information content (AvgIpc) is 2.92. The van der Waals surface area contributed by atoms with Crippen molar-refractivity contribution in [2.75, 3.05) is 5.32 Å². The molecule has 5 nitrogen and oxygen atoms in total. The third-order valence-corrected chi connectivity index (χ3v) is 5.21. The van der Waals surface area contributed by atoms with Crippen LogP contribution in [0.1, 0.15) is 34.8 Å². The zero-order valence-corrected chi connectivity index (χ0v) is 13.3. The number of anilines is 1. The van der Waals surface area contributed by atoms with E-state index in [9.17, 15) is 0 Å². The van der Waals surface area contributed by atoms with Crippen LogP contribution in [-0.2, 0) is 19.4 Å². The first-order valence-electron chi connectivity index (χ1n) is 7.59. The molecular formula is C16H17N5S. The molecule has 0 bridgehead atoms. The fraction of sp³-hybridized carbons (Fsp3) is 0.375. The number of aryl methyl sites for hydroxylation is 3. The molecule has 3 heterocycles. The molecule has 6 heteroatoms. The van der Waals surface area contributed by atoms with Gasteiger partial charge in [-0.15, -0.1) is 11.3 Å². The predicted molar refractivity (Wildman–Crippen MR) is 88.2 cm³/mol. The van der Waals surface area contributed by atoms with Crippen molar-refractivity contribution in [2.24, 2.45) is 0 Å². The van der Waals surface area contributed by atoms with Crippen LogP contribution in [0.3, 0.4) is 0 Å². The van der Waals surface area contributed by atoms with Crippen LogP contribution in [0.2, 0.25) is 0 Å². The van der Waals surface area contributed by atoms with E-state index in [1.54, 1.807) is 12.5 Å². The van der Waals surface area contributed by atoms with Crippen molar-refractivity contribution in [1.29, 1.82) is 0 Å². The summed E-state index contributed by atoms with van der Waals surface area (Å²) in [5, 5.41) is 4.60. The number of hydrogen-bond donors (Lipinski definition) is 1. The van der Waals surface area contributed by atoms with Crippen LogP contribution in [0.15, 0.2) is 18.6 Å². The lowest BCUT2D eigenvalue weighted by Crippen LogP contribution is -2.07. The third kappa shape index (κ3) is 2.43. The van der Waals surface area contributed by atoms with Crippen LogP contribution in [0, 0.1) is 6.92 Å². The Balaban J connectivity index is 1.68. The van der Waals surface area contributed by atoms with Crippen molar-refractivity contribution in [3.05, 3.63) is 40.5 Å². The van der Waals surface area contributed by atoms with E-state index in [-0.39, 0.29) is 0 Å². The highest BCUT2D eigenvalue weighted by Gasteiger charge is 2.19. The minimum absolute atomic E-state index is 0.582. The van der Waals surface area contributed by atoms with Crippen molar-refractivity contribution in [3.8, 4) is 0 Å². The molecule has 1 N–H and O–H groups in total. The number of thiophene rings is 1. The van der Waals surface area contributed by atoms with Crippen molar-refractivity contribution in [3.63, 3.8) is 0 Å². The van der Waals surface area contributed by atoms with Crippen LogP contribution in [0.4, 0.5) is 5.82 Å². The summed E-state index contributed by atoms with van der Waals surface area (Å²) in [6, 6.07) is 1.90.